The van der Waals surface area contributed by atoms with Crippen LogP contribution in [0.1, 0.15) is 16.8 Å². The molecule has 4 N–H and O–H groups in total. The maximum Gasteiger partial charge on any atom is 0.255 e. The van der Waals surface area contributed by atoms with Crippen molar-refractivity contribution in [1.29, 1.82) is 0 Å². The first-order valence-electron chi connectivity index (χ1n) is 5.64. The van der Waals surface area contributed by atoms with E-state index in [2.05, 4.69) is 5.32 Å². The summed E-state index contributed by atoms with van der Waals surface area (Å²) in [5.74, 6) is -1.20. The molecule has 1 rings (SSSR count). The SMILES string of the molecule is O=C(NCCCOCCO)c1cccc(O)c1O. The van der Waals surface area contributed by atoms with Gasteiger partial charge in [0.15, 0.2) is 11.5 Å². The lowest BCUT2D eigenvalue weighted by Gasteiger charge is -2.07. The van der Waals surface area contributed by atoms with Crippen LogP contribution in [0, 0.1) is 0 Å². The van der Waals surface area contributed by atoms with Gasteiger partial charge in [0.05, 0.1) is 18.8 Å². The highest BCUT2D eigenvalue weighted by Gasteiger charge is 2.12. The molecule has 1 amide bonds. The molecule has 100 valence electrons. The zero-order valence-corrected chi connectivity index (χ0v) is 9.93. The fourth-order valence-electron chi connectivity index (χ4n) is 1.35. The Bertz CT molecular complexity index is 394. The molecule has 0 aromatic heterocycles. The van der Waals surface area contributed by atoms with Gasteiger partial charge in [0, 0.05) is 13.2 Å². The number of rotatable bonds is 7. The zero-order valence-electron chi connectivity index (χ0n) is 9.93. The van der Waals surface area contributed by atoms with Crippen LogP contribution in [0.25, 0.3) is 0 Å². The van der Waals surface area contributed by atoms with Crippen molar-refractivity contribution in [3.8, 4) is 11.5 Å². The largest absolute Gasteiger partial charge is 0.504 e. The van der Waals surface area contributed by atoms with Crippen LogP contribution in [0.5, 0.6) is 11.5 Å². The van der Waals surface area contributed by atoms with Crippen molar-refractivity contribution >= 4 is 5.91 Å². The number of hydrogen-bond acceptors (Lipinski definition) is 5. The second kappa shape index (κ2) is 7.52. The summed E-state index contributed by atoms with van der Waals surface area (Å²) in [4.78, 5) is 11.6. The third kappa shape index (κ3) is 4.23. The van der Waals surface area contributed by atoms with Crippen LogP contribution >= 0.6 is 0 Å². The Morgan fingerprint density at radius 1 is 1.28 bits per heavy atom. The smallest absolute Gasteiger partial charge is 0.255 e. The summed E-state index contributed by atoms with van der Waals surface area (Å²) >= 11 is 0. The first-order chi connectivity index (χ1) is 8.66. The lowest BCUT2D eigenvalue weighted by Crippen LogP contribution is -2.25. The first-order valence-corrected chi connectivity index (χ1v) is 5.64. The van der Waals surface area contributed by atoms with Crippen LogP contribution in [0.4, 0.5) is 0 Å². The number of aromatic hydroxyl groups is 2. The van der Waals surface area contributed by atoms with Crippen LogP contribution in [0.3, 0.4) is 0 Å². The number of amides is 1. The summed E-state index contributed by atoms with van der Waals surface area (Å²) in [5.41, 5.74) is 0.0336. The minimum absolute atomic E-state index is 0.0243. The van der Waals surface area contributed by atoms with Crippen molar-refractivity contribution in [2.75, 3.05) is 26.4 Å². The summed E-state index contributed by atoms with van der Waals surface area (Å²) in [7, 11) is 0. The number of carbonyl (C=O) groups is 1. The molecule has 0 aliphatic rings. The monoisotopic (exact) mass is 255 g/mol. The minimum Gasteiger partial charge on any atom is -0.504 e. The van der Waals surface area contributed by atoms with Crippen molar-refractivity contribution in [3.63, 3.8) is 0 Å². The second-order valence-electron chi connectivity index (χ2n) is 3.62. The number of aliphatic hydroxyl groups excluding tert-OH is 1. The lowest BCUT2D eigenvalue weighted by molar-refractivity contribution is 0.0866. The van der Waals surface area contributed by atoms with Crippen LogP contribution in [0.2, 0.25) is 0 Å². The lowest BCUT2D eigenvalue weighted by atomic mass is 10.1. The van der Waals surface area contributed by atoms with Crippen molar-refractivity contribution in [1.82, 2.24) is 5.32 Å². The number of phenolic OH excluding ortho intramolecular Hbond substituents is 2. The Balaban J connectivity index is 2.35. The normalized spacial score (nSPS) is 10.3. The van der Waals surface area contributed by atoms with Gasteiger partial charge in [-0.05, 0) is 18.6 Å². The fraction of sp³-hybridized carbons (Fsp3) is 0.417. The summed E-state index contributed by atoms with van der Waals surface area (Å²) in [6.07, 6.45) is 0.602. The Morgan fingerprint density at radius 2 is 2.06 bits per heavy atom. The predicted octanol–water partition coefficient (Wildman–Crippen LogP) is 0.227. The topological polar surface area (TPSA) is 99.0 Å². The Hall–Kier alpha value is -1.79. The van der Waals surface area contributed by atoms with Crippen LogP contribution in [-0.4, -0.2) is 47.6 Å². The number of benzene rings is 1. The molecule has 1 aromatic rings. The van der Waals surface area contributed by atoms with E-state index in [1.807, 2.05) is 0 Å². The number of ether oxygens (including phenoxy) is 1. The van der Waals surface area contributed by atoms with Gasteiger partial charge < -0.3 is 25.4 Å². The molecule has 6 nitrogen and oxygen atoms in total. The molecule has 0 aliphatic heterocycles. The Labute approximate surface area is 105 Å². The molecule has 0 fully saturated rings. The summed E-state index contributed by atoms with van der Waals surface area (Å²) in [6, 6.07) is 4.20. The van der Waals surface area contributed by atoms with Crippen LogP contribution < -0.4 is 5.32 Å². The van der Waals surface area contributed by atoms with E-state index in [0.717, 1.165) is 0 Å². The van der Waals surface area contributed by atoms with E-state index in [1.54, 1.807) is 0 Å². The second-order valence-corrected chi connectivity index (χ2v) is 3.62. The van der Waals surface area contributed by atoms with E-state index in [4.69, 9.17) is 9.84 Å². The summed E-state index contributed by atoms with van der Waals surface area (Å²) in [6.45, 7) is 1.08. The standard InChI is InChI=1S/C12H17NO5/c14-6-8-18-7-2-5-13-12(17)9-3-1-4-10(15)11(9)16/h1,3-4,14-16H,2,5-8H2,(H,13,17). The highest BCUT2D eigenvalue weighted by molar-refractivity contribution is 5.97. The minimum atomic E-state index is -0.453. The molecule has 6 heteroatoms. The van der Waals surface area contributed by atoms with Crippen LogP contribution in [-0.2, 0) is 4.74 Å². The number of nitrogens with one attached hydrogen (secondary N) is 1. The van der Waals surface area contributed by atoms with Gasteiger partial charge in [-0.15, -0.1) is 0 Å². The molecule has 0 radical (unpaired) electrons. The number of phenols is 2. The van der Waals surface area contributed by atoms with E-state index < -0.39 is 11.7 Å². The third-order valence-electron chi connectivity index (χ3n) is 2.25. The van der Waals surface area contributed by atoms with Gasteiger partial charge in [-0.1, -0.05) is 6.07 Å². The number of carbonyl (C=O) groups excluding carboxylic acids is 1. The van der Waals surface area contributed by atoms with Crippen molar-refractivity contribution < 1.29 is 24.9 Å². The highest BCUT2D eigenvalue weighted by atomic mass is 16.5. The van der Waals surface area contributed by atoms with Gasteiger partial charge in [-0.25, -0.2) is 0 Å². The Kier molecular flexibility index (Phi) is 5.96. The van der Waals surface area contributed by atoms with E-state index in [9.17, 15) is 15.0 Å². The number of para-hydroxylation sites is 1. The van der Waals surface area contributed by atoms with Gasteiger partial charge in [0.2, 0.25) is 0 Å². The molecule has 0 heterocycles. The molecule has 0 unspecified atom stereocenters. The average molecular weight is 255 g/mol. The van der Waals surface area contributed by atoms with Crippen molar-refractivity contribution in [3.05, 3.63) is 23.8 Å². The van der Waals surface area contributed by atoms with E-state index >= 15 is 0 Å². The van der Waals surface area contributed by atoms with Crippen LogP contribution in [0.15, 0.2) is 18.2 Å². The molecule has 0 atom stereocenters. The molecule has 0 saturated carbocycles. The summed E-state index contributed by atoms with van der Waals surface area (Å²) < 4.78 is 5.02. The highest BCUT2D eigenvalue weighted by Crippen LogP contribution is 2.27. The van der Waals surface area contributed by atoms with Crippen molar-refractivity contribution in [2.45, 2.75) is 6.42 Å². The molecule has 0 aliphatic carbocycles. The van der Waals surface area contributed by atoms with Gasteiger partial charge >= 0.3 is 0 Å². The molecular formula is C12H17NO5. The number of aliphatic hydroxyl groups is 1. The van der Waals surface area contributed by atoms with E-state index in [-0.39, 0.29) is 24.5 Å². The quantitative estimate of drug-likeness (QED) is 0.413. The molecule has 1 aromatic carbocycles. The maximum absolute atomic E-state index is 11.6. The van der Waals surface area contributed by atoms with Gasteiger partial charge in [-0.2, -0.15) is 0 Å². The third-order valence-corrected chi connectivity index (χ3v) is 2.25. The van der Waals surface area contributed by atoms with Gasteiger partial charge in [0.25, 0.3) is 5.91 Å². The van der Waals surface area contributed by atoms with E-state index in [1.165, 1.54) is 18.2 Å². The molecule has 18 heavy (non-hydrogen) atoms. The molecule has 0 spiro atoms. The summed E-state index contributed by atoms with van der Waals surface area (Å²) in [5, 5.41) is 29.8. The first kappa shape index (κ1) is 14.3. The van der Waals surface area contributed by atoms with Crippen molar-refractivity contribution in [2.24, 2.45) is 0 Å². The predicted molar refractivity (Wildman–Crippen MR) is 64.6 cm³/mol. The molecule has 0 bridgehead atoms. The van der Waals surface area contributed by atoms with Gasteiger partial charge in [0.1, 0.15) is 0 Å². The average Bonchev–Trinajstić information content (AvgIpc) is 2.36. The molecule has 0 saturated heterocycles. The zero-order chi connectivity index (χ0) is 13.4. The Morgan fingerprint density at radius 3 is 2.78 bits per heavy atom. The maximum atomic E-state index is 11.6. The van der Waals surface area contributed by atoms with Gasteiger partial charge in [-0.3, -0.25) is 4.79 Å². The number of hydrogen-bond donors (Lipinski definition) is 4. The van der Waals surface area contributed by atoms with E-state index in [0.29, 0.717) is 19.6 Å². The fourth-order valence-corrected chi connectivity index (χ4v) is 1.35. The molecular weight excluding hydrogens is 238 g/mol.